The molecule has 0 fully saturated rings. The number of nitrogens with two attached hydrogens (primary N) is 1. The number of urea groups is 1. The molecule has 9 nitrogen and oxygen atoms in total. The van der Waals surface area contributed by atoms with Crippen molar-refractivity contribution in [3.8, 4) is 0 Å². The number of benzene rings is 1. The molecule has 0 bridgehead atoms. The number of carbonyl (C=O) groups is 4. The van der Waals surface area contributed by atoms with E-state index in [1.807, 2.05) is 6.92 Å². The van der Waals surface area contributed by atoms with E-state index in [2.05, 4.69) is 20.3 Å². The summed E-state index contributed by atoms with van der Waals surface area (Å²) in [6.45, 7) is 4.30. The van der Waals surface area contributed by atoms with E-state index in [4.69, 9.17) is 5.73 Å². The maximum absolute atomic E-state index is 12.4. The van der Waals surface area contributed by atoms with Crippen molar-refractivity contribution in [2.45, 2.75) is 26.1 Å². The molecule has 0 unspecified atom stereocenters. The van der Waals surface area contributed by atoms with Gasteiger partial charge in [-0.1, -0.05) is 6.92 Å². The first-order valence-corrected chi connectivity index (χ1v) is 10.5. The van der Waals surface area contributed by atoms with Gasteiger partial charge in [0.1, 0.15) is 5.00 Å². The Morgan fingerprint density at radius 3 is 2.39 bits per heavy atom. The summed E-state index contributed by atoms with van der Waals surface area (Å²) in [5.41, 5.74) is 6.50. The van der Waals surface area contributed by atoms with E-state index in [0.717, 1.165) is 35.7 Å². The summed E-state index contributed by atoms with van der Waals surface area (Å²) in [6.07, 6.45) is -4.66. The first-order chi connectivity index (χ1) is 15.5. The molecule has 0 atom stereocenters. The first-order valence-electron chi connectivity index (χ1n) is 9.67. The van der Waals surface area contributed by atoms with Crippen LogP contribution in [0.15, 0.2) is 24.3 Å². The van der Waals surface area contributed by atoms with Gasteiger partial charge in [0.25, 0.3) is 5.91 Å². The lowest BCUT2D eigenvalue weighted by atomic mass is 10.0. The zero-order valence-electron chi connectivity index (χ0n) is 17.2. The molecule has 1 aliphatic heterocycles. The Hall–Kier alpha value is -3.45. The predicted molar refractivity (Wildman–Crippen MR) is 113 cm³/mol. The van der Waals surface area contributed by atoms with Crippen molar-refractivity contribution in [2.24, 2.45) is 5.73 Å². The number of anilines is 2. The van der Waals surface area contributed by atoms with E-state index < -0.39 is 30.1 Å². The van der Waals surface area contributed by atoms with E-state index in [1.165, 1.54) is 23.5 Å². The highest BCUT2D eigenvalue weighted by atomic mass is 32.1. The summed E-state index contributed by atoms with van der Waals surface area (Å²) in [4.78, 5) is 49.9. The number of nitrogens with zero attached hydrogens (tertiary/aromatic N) is 1. The zero-order valence-corrected chi connectivity index (χ0v) is 18.1. The minimum absolute atomic E-state index is 0.199. The molecule has 0 aliphatic carbocycles. The Morgan fingerprint density at radius 1 is 1.15 bits per heavy atom. The van der Waals surface area contributed by atoms with Gasteiger partial charge in [0, 0.05) is 23.7 Å². The lowest BCUT2D eigenvalue weighted by Gasteiger charge is -2.25. The van der Waals surface area contributed by atoms with E-state index in [0.29, 0.717) is 18.0 Å². The fraction of sp³-hybridized carbons (Fsp3) is 0.300. The van der Waals surface area contributed by atoms with Crippen LogP contribution in [-0.2, 0) is 22.5 Å². The van der Waals surface area contributed by atoms with Crippen molar-refractivity contribution in [3.05, 3.63) is 45.8 Å². The van der Waals surface area contributed by atoms with E-state index >= 15 is 0 Å². The second-order valence-corrected chi connectivity index (χ2v) is 8.13. The highest BCUT2D eigenvalue weighted by Crippen LogP contribution is 2.37. The number of halogens is 3. The maximum atomic E-state index is 12.4. The zero-order chi connectivity index (χ0) is 24.3. The number of likely N-dealkylation sites (N-methyl/N-ethyl adjacent to an activating group) is 1. The fourth-order valence-electron chi connectivity index (χ4n) is 3.23. The van der Waals surface area contributed by atoms with Gasteiger partial charge in [0.15, 0.2) is 0 Å². The summed E-state index contributed by atoms with van der Waals surface area (Å²) in [5, 5.41) is 5.40. The summed E-state index contributed by atoms with van der Waals surface area (Å²) in [6, 6.07) is 3.95. The Morgan fingerprint density at radius 2 is 1.82 bits per heavy atom. The first kappa shape index (κ1) is 24.2. The Kier molecular flexibility index (Phi) is 7.03. The molecule has 33 heavy (non-hydrogen) atoms. The second kappa shape index (κ2) is 9.58. The molecule has 4 N–H and O–H groups in total. The molecular weight excluding hydrogens is 465 g/mol. The van der Waals surface area contributed by atoms with Crippen molar-refractivity contribution >= 4 is 45.9 Å². The van der Waals surface area contributed by atoms with Crippen molar-refractivity contribution in [1.82, 2.24) is 4.90 Å². The molecule has 13 heteroatoms. The maximum Gasteiger partial charge on any atom is 0.491 e. The fourth-order valence-corrected chi connectivity index (χ4v) is 4.52. The highest BCUT2D eigenvalue weighted by Gasteiger charge is 2.42. The Bertz CT molecular complexity index is 1100. The average Bonchev–Trinajstić information content (AvgIpc) is 3.10. The van der Waals surface area contributed by atoms with Gasteiger partial charge in [-0.25, -0.2) is 14.4 Å². The molecule has 0 spiro atoms. The van der Waals surface area contributed by atoms with Gasteiger partial charge in [-0.15, -0.1) is 11.3 Å². The smallest absolute Gasteiger partial charge is 0.383 e. The van der Waals surface area contributed by atoms with Gasteiger partial charge in [0.05, 0.1) is 11.1 Å². The van der Waals surface area contributed by atoms with Gasteiger partial charge >= 0.3 is 24.1 Å². The van der Waals surface area contributed by atoms with E-state index in [9.17, 15) is 32.3 Å². The topological polar surface area (TPSA) is 131 Å². The van der Waals surface area contributed by atoms with Crippen molar-refractivity contribution in [3.63, 3.8) is 0 Å². The second-order valence-electron chi connectivity index (χ2n) is 7.02. The number of ether oxygens (including phenoxy) is 1. The number of hydrogen-bond donors (Lipinski definition) is 3. The molecule has 2 heterocycles. The van der Waals surface area contributed by atoms with Crippen molar-refractivity contribution < 1.29 is 37.1 Å². The molecule has 0 saturated heterocycles. The van der Waals surface area contributed by atoms with Crippen LogP contribution in [0.2, 0.25) is 0 Å². The van der Waals surface area contributed by atoms with E-state index in [-0.39, 0.29) is 16.8 Å². The standard InChI is InChI=1S/C20H19F3N4O5S/c1-2-27-8-7-12-13(9-27)33-16(14(12)15(24)28)26-19(31)25-11-5-3-10(4-6-11)17(29)32-18(30)20(21,22)23/h3-6H,2,7-9H2,1H3,(H2,24,28)(H2,25,26,31). The number of hydrogen-bond acceptors (Lipinski definition) is 7. The van der Waals surface area contributed by atoms with Crippen LogP contribution in [0, 0.1) is 0 Å². The van der Waals surface area contributed by atoms with Crippen molar-refractivity contribution in [2.75, 3.05) is 23.7 Å². The molecule has 3 amide bonds. The van der Waals surface area contributed by atoms with Crippen LogP contribution in [0.4, 0.5) is 28.7 Å². The number of primary amides is 1. The minimum atomic E-state index is -5.30. The normalized spacial score (nSPS) is 13.7. The molecule has 0 saturated carbocycles. The van der Waals surface area contributed by atoms with Crippen LogP contribution in [-0.4, -0.2) is 48.0 Å². The number of fused-ring (bicyclic) bond motifs is 1. The SMILES string of the molecule is CCN1CCc2c(sc(NC(=O)Nc3ccc(C(=O)OC(=O)C(F)(F)F)cc3)c2C(N)=O)C1. The monoisotopic (exact) mass is 484 g/mol. The number of rotatable bonds is 5. The molecule has 0 radical (unpaired) electrons. The number of thiophene rings is 1. The third-order valence-electron chi connectivity index (χ3n) is 4.85. The van der Waals surface area contributed by atoms with Crippen LogP contribution in [0.3, 0.4) is 0 Å². The van der Waals surface area contributed by atoms with Gasteiger partial charge in [-0.2, -0.15) is 13.2 Å². The minimum Gasteiger partial charge on any atom is -0.383 e. The van der Waals surface area contributed by atoms with Crippen LogP contribution in [0.25, 0.3) is 0 Å². The number of alkyl halides is 3. The summed E-state index contributed by atoms with van der Waals surface area (Å²) >= 11 is 1.26. The Labute approximate surface area is 189 Å². The lowest BCUT2D eigenvalue weighted by Crippen LogP contribution is -2.30. The van der Waals surface area contributed by atoms with Gasteiger partial charge in [0.2, 0.25) is 0 Å². The van der Waals surface area contributed by atoms with Gasteiger partial charge < -0.3 is 15.8 Å². The number of amides is 3. The van der Waals surface area contributed by atoms with Crippen LogP contribution >= 0.6 is 11.3 Å². The molecule has 1 aliphatic rings. The summed E-state index contributed by atoms with van der Waals surface area (Å²) < 4.78 is 40.3. The summed E-state index contributed by atoms with van der Waals surface area (Å²) in [5.74, 6) is -4.76. The van der Waals surface area contributed by atoms with Gasteiger partial charge in [-0.05, 0) is 42.8 Å². The summed E-state index contributed by atoms with van der Waals surface area (Å²) in [7, 11) is 0. The van der Waals surface area contributed by atoms with Crippen molar-refractivity contribution in [1.29, 1.82) is 0 Å². The number of esters is 2. The highest BCUT2D eigenvalue weighted by molar-refractivity contribution is 7.17. The number of carbonyl (C=O) groups excluding carboxylic acids is 4. The van der Waals surface area contributed by atoms with Crippen LogP contribution < -0.4 is 16.4 Å². The van der Waals surface area contributed by atoms with Crippen LogP contribution in [0.5, 0.6) is 0 Å². The lowest BCUT2D eigenvalue weighted by molar-refractivity contribution is -0.193. The average molecular weight is 484 g/mol. The van der Waals surface area contributed by atoms with Gasteiger partial charge in [-0.3, -0.25) is 15.0 Å². The quantitative estimate of drug-likeness (QED) is 0.442. The van der Waals surface area contributed by atoms with E-state index in [1.54, 1.807) is 0 Å². The molecule has 1 aromatic heterocycles. The molecule has 176 valence electrons. The van der Waals surface area contributed by atoms with Crippen LogP contribution in [0.1, 0.15) is 38.1 Å². The molecule has 2 aromatic rings. The largest absolute Gasteiger partial charge is 0.491 e. The number of nitrogens with one attached hydrogen (secondary N) is 2. The third kappa shape index (κ3) is 5.68. The molecule has 3 rings (SSSR count). The molecular formula is C20H19F3N4O5S. The Balaban J connectivity index is 1.67. The third-order valence-corrected chi connectivity index (χ3v) is 5.98. The molecule has 1 aromatic carbocycles. The predicted octanol–water partition coefficient (Wildman–Crippen LogP) is 3.11.